The van der Waals surface area contributed by atoms with Crippen molar-refractivity contribution in [2.75, 3.05) is 26.3 Å². The van der Waals surface area contributed by atoms with E-state index in [1.165, 1.54) is 0 Å². The first kappa shape index (κ1) is 13.0. The number of rotatable bonds is 2. The molecule has 1 aliphatic carbocycles. The minimum absolute atomic E-state index is 0.213. The Morgan fingerprint density at radius 3 is 2.90 bits per heavy atom. The zero-order chi connectivity index (χ0) is 13.8. The summed E-state index contributed by atoms with van der Waals surface area (Å²) in [7, 11) is 0. The summed E-state index contributed by atoms with van der Waals surface area (Å²) in [5, 5.41) is 9.61. The van der Waals surface area contributed by atoms with Crippen LogP contribution in [0.4, 0.5) is 0 Å². The van der Waals surface area contributed by atoms with Crippen molar-refractivity contribution in [1.29, 1.82) is 5.26 Å². The summed E-state index contributed by atoms with van der Waals surface area (Å²) in [5.41, 5.74) is 0.635. The second-order valence-electron chi connectivity index (χ2n) is 5.02. The lowest BCUT2D eigenvalue weighted by Crippen LogP contribution is -2.54. The van der Waals surface area contributed by atoms with Crippen LogP contribution in [0.2, 0.25) is 0 Å². The number of allylic oxidation sites excluding steroid dienone is 2. The molecule has 3 rings (SSSR count). The van der Waals surface area contributed by atoms with Crippen molar-refractivity contribution in [3.05, 3.63) is 54.4 Å². The Morgan fingerprint density at radius 2 is 2.20 bits per heavy atom. The second kappa shape index (κ2) is 5.58. The van der Waals surface area contributed by atoms with Gasteiger partial charge in [0.1, 0.15) is 0 Å². The summed E-state index contributed by atoms with van der Waals surface area (Å²) in [6.45, 7) is 3.06. The summed E-state index contributed by atoms with van der Waals surface area (Å²) >= 11 is 0. The van der Waals surface area contributed by atoms with Crippen LogP contribution in [0.5, 0.6) is 0 Å². The van der Waals surface area contributed by atoms with Gasteiger partial charge in [0.15, 0.2) is 0 Å². The number of nitrogens with zero attached hydrogens (tertiary/aromatic N) is 3. The van der Waals surface area contributed by atoms with Crippen LogP contribution in [0, 0.1) is 17.2 Å². The van der Waals surface area contributed by atoms with Gasteiger partial charge in [-0.1, -0.05) is 30.4 Å². The van der Waals surface area contributed by atoms with Crippen LogP contribution >= 0.6 is 0 Å². The number of nitriles is 1. The smallest absolute Gasteiger partial charge is 0.0909 e. The maximum atomic E-state index is 9.61. The van der Waals surface area contributed by atoms with E-state index in [-0.39, 0.29) is 5.92 Å². The monoisotopic (exact) mass is 267 g/mol. The third-order valence-electron chi connectivity index (χ3n) is 4.04. The molecular formula is C16H17N3O. The van der Waals surface area contributed by atoms with Crippen molar-refractivity contribution < 1.29 is 4.74 Å². The van der Waals surface area contributed by atoms with Crippen molar-refractivity contribution >= 4 is 0 Å². The average molecular weight is 267 g/mol. The molecule has 0 N–H and O–H groups in total. The van der Waals surface area contributed by atoms with Gasteiger partial charge in [-0.2, -0.15) is 5.26 Å². The van der Waals surface area contributed by atoms with E-state index in [1.54, 1.807) is 6.20 Å². The van der Waals surface area contributed by atoms with Crippen molar-refractivity contribution in [3.63, 3.8) is 0 Å². The molecule has 4 nitrogen and oxygen atoms in total. The van der Waals surface area contributed by atoms with E-state index < -0.39 is 5.54 Å². The molecule has 2 heterocycles. The molecule has 20 heavy (non-hydrogen) atoms. The van der Waals surface area contributed by atoms with Gasteiger partial charge < -0.3 is 4.74 Å². The third-order valence-corrected chi connectivity index (χ3v) is 4.04. The van der Waals surface area contributed by atoms with Crippen LogP contribution in [0.15, 0.2) is 48.8 Å². The maximum absolute atomic E-state index is 9.61. The zero-order valence-electron chi connectivity index (χ0n) is 11.3. The third kappa shape index (κ3) is 2.05. The number of hydrogen-bond acceptors (Lipinski definition) is 4. The van der Waals surface area contributed by atoms with Gasteiger partial charge in [-0.3, -0.25) is 9.88 Å². The Balaban J connectivity index is 2.09. The van der Waals surface area contributed by atoms with Gasteiger partial charge in [0, 0.05) is 25.5 Å². The molecule has 2 atom stereocenters. The lowest BCUT2D eigenvalue weighted by atomic mass is 9.75. The zero-order valence-corrected chi connectivity index (χ0v) is 11.3. The van der Waals surface area contributed by atoms with E-state index in [0.29, 0.717) is 13.2 Å². The van der Waals surface area contributed by atoms with Crippen molar-refractivity contribution in [3.8, 4) is 6.07 Å². The number of pyridine rings is 1. The topological polar surface area (TPSA) is 49.2 Å². The highest BCUT2D eigenvalue weighted by molar-refractivity contribution is 5.38. The number of morpholine rings is 1. The molecule has 4 heteroatoms. The van der Waals surface area contributed by atoms with Crippen LogP contribution in [0.3, 0.4) is 0 Å². The molecule has 0 aromatic carbocycles. The highest BCUT2D eigenvalue weighted by atomic mass is 16.5. The minimum Gasteiger partial charge on any atom is -0.379 e. The number of hydrogen-bond donors (Lipinski definition) is 0. The SMILES string of the molecule is N#CC1C=CC=CC1(c1cccnc1)N1CCOCC1. The fourth-order valence-corrected chi connectivity index (χ4v) is 3.06. The molecule has 0 spiro atoms. The second-order valence-corrected chi connectivity index (χ2v) is 5.02. The van der Waals surface area contributed by atoms with Gasteiger partial charge in [-0.25, -0.2) is 0 Å². The van der Waals surface area contributed by atoms with Gasteiger partial charge in [-0.15, -0.1) is 0 Å². The fraction of sp³-hybridized carbons (Fsp3) is 0.375. The van der Waals surface area contributed by atoms with Crippen LogP contribution in [-0.4, -0.2) is 36.2 Å². The molecule has 1 saturated heterocycles. The first-order valence-electron chi connectivity index (χ1n) is 6.87. The van der Waals surface area contributed by atoms with Crippen molar-refractivity contribution in [2.45, 2.75) is 5.54 Å². The molecule has 0 bridgehead atoms. The van der Waals surface area contributed by atoms with Crippen LogP contribution < -0.4 is 0 Å². The normalized spacial score (nSPS) is 30.1. The predicted molar refractivity (Wildman–Crippen MR) is 75.7 cm³/mol. The van der Waals surface area contributed by atoms with Crippen LogP contribution in [-0.2, 0) is 10.3 Å². The van der Waals surface area contributed by atoms with Gasteiger partial charge in [-0.05, 0) is 11.6 Å². The van der Waals surface area contributed by atoms with E-state index in [0.717, 1.165) is 18.7 Å². The Hall–Kier alpha value is -1.96. The Bertz CT molecular complexity index is 555. The van der Waals surface area contributed by atoms with E-state index in [4.69, 9.17) is 4.74 Å². The van der Waals surface area contributed by atoms with Gasteiger partial charge in [0.25, 0.3) is 0 Å². The Labute approximate surface area is 119 Å². The Morgan fingerprint density at radius 1 is 1.35 bits per heavy atom. The first-order valence-corrected chi connectivity index (χ1v) is 6.87. The molecule has 1 aliphatic heterocycles. The van der Waals surface area contributed by atoms with E-state index in [2.05, 4.69) is 28.1 Å². The summed E-state index contributed by atoms with van der Waals surface area (Å²) < 4.78 is 5.46. The fourth-order valence-electron chi connectivity index (χ4n) is 3.06. The van der Waals surface area contributed by atoms with Gasteiger partial charge >= 0.3 is 0 Å². The van der Waals surface area contributed by atoms with Crippen LogP contribution in [0.1, 0.15) is 5.56 Å². The average Bonchev–Trinajstić information content (AvgIpc) is 2.56. The molecule has 0 radical (unpaired) electrons. The molecule has 2 unspecified atom stereocenters. The highest BCUT2D eigenvalue weighted by Crippen LogP contribution is 2.40. The van der Waals surface area contributed by atoms with Gasteiger partial charge in [0.2, 0.25) is 0 Å². The number of ether oxygens (including phenoxy) is 1. The quantitative estimate of drug-likeness (QED) is 0.821. The number of aromatic nitrogens is 1. The summed E-state index contributed by atoms with van der Waals surface area (Å²) in [6, 6.07) is 6.42. The molecule has 0 amide bonds. The summed E-state index contributed by atoms with van der Waals surface area (Å²) in [5.74, 6) is -0.213. The Kier molecular flexibility index (Phi) is 3.64. The lowest BCUT2D eigenvalue weighted by Gasteiger charge is -2.46. The van der Waals surface area contributed by atoms with E-state index in [1.807, 2.05) is 30.5 Å². The largest absolute Gasteiger partial charge is 0.379 e. The highest BCUT2D eigenvalue weighted by Gasteiger charge is 2.44. The van der Waals surface area contributed by atoms with Crippen molar-refractivity contribution in [1.82, 2.24) is 9.88 Å². The molecule has 102 valence electrons. The van der Waals surface area contributed by atoms with Gasteiger partial charge in [0.05, 0.1) is 30.7 Å². The molecule has 2 aliphatic rings. The first-order chi connectivity index (χ1) is 9.88. The molecule has 0 saturated carbocycles. The summed E-state index contributed by atoms with van der Waals surface area (Å²) in [4.78, 5) is 6.58. The minimum atomic E-state index is -0.429. The molecular weight excluding hydrogens is 250 g/mol. The van der Waals surface area contributed by atoms with E-state index in [9.17, 15) is 5.26 Å². The lowest BCUT2D eigenvalue weighted by molar-refractivity contribution is -0.0159. The predicted octanol–water partition coefficient (Wildman–Crippen LogP) is 1.87. The maximum Gasteiger partial charge on any atom is 0.0909 e. The molecule has 1 aromatic heterocycles. The van der Waals surface area contributed by atoms with E-state index >= 15 is 0 Å². The van der Waals surface area contributed by atoms with Crippen LogP contribution in [0.25, 0.3) is 0 Å². The van der Waals surface area contributed by atoms with Crippen molar-refractivity contribution in [2.24, 2.45) is 5.92 Å². The molecule has 1 fully saturated rings. The molecule has 1 aromatic rings. The summed E-state index contributed by atoms with van der Waals surface area (Å²) in [6.07, 6.45) is 11.7. The standard InChI is InChI=1S/C16H17N3O/c17-12-14-4-1-2-6-16(14,15-5-3-7-18-13-15)19-8-10-20-11-9-19/h1-7,13-14H,8-11H2.